The van der Waals surface area contributed by atoms with E-state index in [0.717, 1.165) is 36.0 Å². The quantitative estimate of drug-likeness (QED) is 0.211. The van der Waals surface area contributed by atoms with E-state index in [4.69, 9.17) is 8.85 Å². The molecule has 0 spiro atoms. The first-order valence-electron chi connectivity index (χ1n) is 16.1. The van der Waals surface area contributed by atoms with Gasteiger partial charge in [0.2, 0.25) is 0 Å². The lowest BCUT2D eigenvalue weighted by atomic mass is 9.46. The summed E-state index contributed by atoms with van der Waals surface area (Å²) in [4.78, 5) is 0. The first-order chi connectivity index (χ1) is 17.0. The molecule has 0 bridgehead atoms. The largest absolute Gasteiger partial charge is 0.414 e. The second kappa shape index (κ2) is 10.8. The Morgan fingerprint density at radius 2 is 1.51 bits per heavy atom. The Labute approximate surface area is 233 Å². The third-order valence-corrected chi connectivity index (χ3v) is 13.3. The van der Waals surface area contributed by atoms with Gasteiger partial charge in [-0.2, -0.15) is 0 Å². The van der Waals surface area contributed by atoms with E-state index in [1.807, 2.05) is 0 Å². The smallest absolute Gasteiger partial charge is 0.184 e. The Kier molecular flexibility index (Phi) is 8.79. The molecule has 3 saturated carbocycles. The van der Waals surface area contributed by atoms with Crippen LogP contribution in [0.2, 0.25) is 39.3 Å². The molecule has 4 aliphatic rings. The zero-order valence-electron chi connectivity index (χ0n) is 26.6. The molecule has 0 aromatic rings. The molecular weight excluding hydrogens is 485 g/mol. The van der Waals surface area contributed by atoms with E-state index in [1.165, 1.54) is 57.8 Å². The van der Waals surface area contributed by atoms with Gasteiger partial charge in [0.05, 0.1) is 6.10 Å². The summed E-state index contributed by atoms with van der Waals surface area (Å²) in [6, 6.07) is 0. The van der Waals surface area contributed by atoms with Crippen LogP contribution in [0.4, 0.5) is 0 Å². The Hall–Kier alpha value is 0.0938. The fraction of sp³-hybridized carbons (Fsp3) is 0.939. The van der Waals surface area contributed by atoms with Crippen molar-refractivity contribution in [3.05, 3.63) is 11.6 Å². The van der Waals surface area contributed by atoms with Crippen LogP contribution < -0.4 is 0 Å². The van der Waals surface area contributed by atoms with E-state index in [1.54, 1.807) is 5.57 Å². The number of fused-ring (bicyclic) bond motifs is 5. The van der Waals surface area contributed by atoms with Gasteiger partial charge in [-0.25, -0.2) is 0 Å². The molecule has 0 aromatic carbocycles. The lowest BCUT2D eigenvalue weighted by Gasteiger charge is -2.61. The standard InChI is InChI=1S/C33H62O2Si2/c1-23(2)13-12-14-24(3)27-15-16-28-31-29(18-20-33(27,28)5)32(4)19-17-26(34-36(6,7)8)21-25(32)22-30(31)35-37(9,10)11/h22-24,26-31H,12-21H2,1-11H3/t24-,26+,27-,28?,29?,30?,31?,32+,33-/m1/s1. The highest BCUT2D eigenvalue weighted by molar-refractivity contribution is 6.70. The monoisotopic (exact) mass is 546 g/mol. The fourth-order valence-corrected chi connectivity index (χ4v) is 12.0. The Morgan fingerprint density at radius 1 is 0.838 bits per heavy atom. The molecule has 4 rings (SSSR count). The summed E-state index contributed by atoms with van der Waals surface area (Å²) in [6.07, 6.45) is 17.1. The van der Waals surface area contributed by atoms with E-state index in [-0.39, 0.29) is 0 Å². The molecule has 4 unspecified atom stereocenters. The van der Waals surface area contributed by atoms with Gasteiger partial charge >= 0.3 is 0 Å². The minimum absolute atomic E-state index is 0.324. The summed E-state index contributed by atoms with van der Waals surface area (Å²) in [7, 11) is -3.19. The van der Waals surface area contributed by atoms with Crippen molar-refractivity contribution in [2.45, 2.75) is 150 Å². The third kappa shape index (κ3) is 6.38. The molecule has 0 amide bonds. The van der Waals surface area contributed by atoms with E-state index < -0.39 is 16.6 Å². The molecule has 9 atom stereocenters. The van der Waals surface area contributed by atoms with E-state index in [0.29, 0.717) is 29.0 Å². The average Bonchev–Trinajstić information content (AvgIpc) is 3.09. The maximum Gasteiger partial charge on any atom is 0.184 e. The van der Waals surface area contributed by atoms with Crippen LogP contribution in [0.3, 0.4) is 0 Å². The predicted molar refractivity (Wildman–Crippen MR) is 165 cm³/mol. The lowest BCUT2D eigenvalue weighted by molar-refractivity contribution is -0.0923. The highest BCUT2D eigenvalue weighted by atomic mass is 28.4. The molecule has 0 heterocycles. The summed E-state index contributed by atoms with van der Waals surface area (Å²) < 4.78 is 13.8. The molecule has 4 aliphatic carbocycles. The van der Waals surface area contributed by atoms with Crippen molar-refractivity contribution >= 4 is 16.6 Å². The number of rotatable bonds is 9. The van der Waals surface area contributed by atoms with Crippen molar-refractivity contribution in [2.75, 3.05) is 0 Å². The van der Waals surface area contributed by atoms with Crippen molar-refractivity contribution in [3.8, 4) is 0 Å². The van der Waals surface area contributed by atoms with Gasteiger partial charge in [-0.15, -0.1) is 0 Å². The summed E-state index contributed by atoms with van der Waals surface area (Å²) in [5.74, 6) is 4.93. The highest BCUT2D eigenvalue weighted by Gasteiger charge is 2.61. The van der Waals surface area contributed by atoms with Gasteiger partial charge in [0.25, 0.3) is 0 Å². The SMILES string of the molecule is CC(C)CCC[C@@H](C)[C@H]1CCC2C3C(O[Si](C)(C)C)C=C4C[C@@H](O[Si](C)(C)C)CC[C@]4(C)C3CC[C@@]21C. The summed E-state index contributed by atoms with van der Waals surface area (Å²) in [5, 5.41) is 0. The van der Waals surface area contributed by atoms with Gasteiger partial charge in [-0.1, -0.05) is 65.5 Å². The van der Waals surface area contributed by atoms with Crippen molar-refractivity contribution in [1.29, 1.82) is 0 Å². The molecule has 3 fully saturated rings. The molecule has 214 valence electrons. The number of hydrogen-bond donors (Lipinski definition) is 0. The lowest BCUT2D eigenvalue weighted by Crippen LogP contribution is -2.57. The highest BCUT2D eigenvalue weighted by Crippen LogP contribution is 2.68. The first kappa shape index (κ1) is 30.1. The van der Waals surface area contributed by atoms with Gasteiger partial charge in [-0.05, 0) is 131 Å². The summed E-state index contributed by atoms with van der Waals surface area (Å²) in [6.45, 7) is 27.0. The maximum absolute atomic E-state index is 7.15. The minimum Gasteiger partial charge on any atom is -0.414 e. The Bertz CT molecular complexity index is 823. The maximum atomic E-state index is 7.15. The fourth-order valence-electron chi connectivity index (χ4n) is 9.74. The van der Waals surface area contributed by atoms with Crippen LogP contribution in [0.15, 0.2) is 11.6 Å². The van der Waals surface area contributed by atoms with Crippen LogP contribution in [-0.2, 0) is 8.85 Å². The van der Waals surface area contributed by atoms with E-state index in [2.05, 4.69) is 80.0 Å². The third-order valence-electron chi connectivity index (χ3n) is 11.3. The summed E-state index contributed by atoms with van der Waals surface area (Å²) in [5.41, 5.74) is 2.55. The Balaban J connectivity index is 1.61. The molecule has 0 aromatic heterocycles. The van der Waals surface area contributed by atoms with Crippen LogP contribution >= 0.6 is 0 Å². The second-order valence-corrected chi connectivity index (χ2v) is 25.6. The van der Waals surface area contributed by atoms with Gasteiger partial charge < -0.3 is 8.85 Å². The molecular formula is C33H62O2Si2. The molecule has 2 nitrogen and oxygen atoms in total. The van der Waals surface area contributed by atoms with E-state index in [9.17, 15) is 0 Å². The minimum atomic E-state index is -1.66. The van der Waals surface area contributed by atoms with E-state index >= 15 is 0 Å². The van der Waals surface area contributed by atoms with Crippen molar-refractivity contribution in [1.82, 2.24) is 0 Å². The zero-order chi connectivity index (χ0) is 27.4. The van der Waals surface area contributed by atoms with Crippen molar-refractivity contribution in [3.63, 3.8) is 0 Å². The van der Waals surface area contributed by atoms with Crippen LogP contribution in [0.25, 0.3) is 0 Å². The molecule has 0 aliphatic heterocycles. The van der Waals surface area contributed by atoms with Crippen LogP contribution in [-0.4, -0.2) is 28.8 Å². The van der Waals surface area contributed by atoms with Crippen LogP contribution in [0.5, 0.6) is 0 Å². The molecule has 4 heteroatoms. The topological polar surface area (TPSA) is 18.5 Å². The summed E-state index contributed by atoms with van der Waals surface area (Å²) >= 11 is 0. The average molecular weight is 547 g/mol. The Morgan fingerprint density at radius 3 is 2.14 bits per heavy atom. The molecule has 0 radical (unpaired) electrons. The number of hydrogen-bond acceptors (Lipinski definition) is 2. The first-order valence-corrected chi connectivity index (χ1v) is 22.9. The van der Waals surface area contributed by atoms with Gasteiger partial charge in [0.1, 0.15) is 0 Å². The predicted octanol–water partition coefficient (Wildman–Crippen LogP) is 10.1. The van der Waals surface area contributed by atoms with Crippen LogP contribution in [0, 0.1) is 46.3 Å². The van der Waals surface area contributed by atoms with Crippen molar-refractivity contribution < 1.29 is 8.85 Å². The molecule has 37 heavy (non-hydrogen) atoms. The van der Waals surface area contributed by atoms with Gasteiger partial charge in [0.15, 0.2) is 16.6 Å². The molecule has 0 N–H and O–H groups in total. The van der Waals surface area contributed by atoms with Crippen LogP contribution in [0.1, 0.15) is 98.8 Å². The normalized spacial score (nSPS) is 41.1. The van der Waals surface area contributed by atoms with Crippen molar-refractivity contribution in [2.24, 2.45) is 46.3 Å². The van der Waals surface area contributed by atoms with Gasteiger partial charge in [-0.3, -0.25) is 0 Å². The van der Waals surface area contributed by atoms with Gasteiger partial charge in [0, 0.05) is 6.10 Å². The molecule has 0 saturated heterocycles. The zero-order valence-corrected chi connectivity index (χ0v) is 28.6. The second-order valence-electron chi connectivity index (χ2n) is 16.7.